The number of aromatic nitrogens is 2. The minimum absolute atomic E-state index is 0.0780. The summed E-state index contributed by atoms with van der Waals surface area (Å²) >= 11 is 6.07. The number of nitrogens with zero attached hydrogens (tertiary/aromatic N) is 2. The van der Waals surface area contributed by atoms with E-state index >= 15 is 0 Å². The molecule has 0 aliphatic carbocycles. The fraction of sp³-hybridized carbons (Fsp3) is 0.214. The van der Waals surface area contributed by atoms with Gasteiger partial charge in [-0.15, -0.1) is 0 Å². The van der Waals surface area contributed by atoms with Gasteiger partial charge in [0.05, 0.1) is 24.2 Å². The summed E-state index contributed by atoms with van der Waals surface area (Å²) in [5.74, 6) is 0.360. The molecule has 19 heavy (non-hydrogen) atoms. The molecule has 98 valence electrons. The molecule has 1 aromatic carbocycles. The van der Waals surface area contributed by atoms with Crippen LogP contribution in [-0.2, 0) is 6.42 Å². The van der Waals surface area contributed by atoms with Crippen molar-refractivity contribution in [2.45, 2.75) is 13.3 Å². The highest BCUT2D eigenvalue weighted by molar-refractivity contribution is 6.34. The third-order valence-corrected chi connectivity index (χ3v) is 2.99. The Morgan fingerprint density at radius 1 is 1.32 bits per heavy atom. The molecule has 0 saturated heterocycles. The van der Waals surface area contributed by atoms with Crippen LogP contribution < -0.4 is 4.74 Å². The fourth-order valence-corrected chi connectivity index (χ4v) is 2.03. The van der Waals surface area contributed by atoms with Gasteiger partial charge in [-0.05, 0) is 24.6 Å². The van der Waals surface area contributed by atoms with Gasteiger partial charge in [-0.2, -0.15) is 0 Å². The molecular formula is C14H13ClN2O2. The van der Waals surface area contributed by atoms with E-state index in [1.807, 2.05) is 13.0 Å². The molecular weight excluding hydrogens is 264 g/mol. The van der Waals surface area contributed by atoms with Crippen LogP contribution in [0.4, 0.5) is 0 Å². The SMILES string of the molecule is COc1cc(CC(=O)c2ccc(C)cc2Cl)ncn1. The Morgan fingerprint density at radius 2 is 2.11 bits per heavy atom. The van der Waals surface area contributed by atoms with Crippen LogP contribution in [0.1, 0.15) is 21.6 Å². The molecule has 5 heteroatoms. The average Bonchev–Trinajstić information content (AvgIpc) is 2.38. The smallest absolute Gasteiger partial charge is 0.216 e. The Bertz CT molecular complexity index is 614. The van der Waals surface area contributed by atoms with Crippen LogP contribution in [0.15, 0.2) is 30.6 Å². The van der Waals surface area contributed by atoms with Gasteiger partial charge < -0.3 is 4.74 Å². The van der Waals surface area contributed by atoms with Crippen LogP contribution in [0.2, 0.25) is 5.02 Å². The lowest BCUT2D eigenvalue weighted by molar-refractivity contribution is 0.0992. The van der Waals surface area contributed by atoms with Crippen molar-refractivity contribution < 1.29 is 9.53 Å². The maximum Gasteiger partial charge on any atom is 0.216 e. The van der Waals surface area contributed by atoms with E-state index in [4.69, 9.17) is 16.3 Å². The zero-order valence-corrected chi connectivity index (χ0v) is 11.4. The molecule has 0 bridgehead atoms. The highest BCUT2D eigenvalue weighted by Gasteiger charge is 2.12. The number of benzene rings is 1. The van der Waals surface area contributed by atoms with Gasteiger partial charge in [0.1, 0.15) is 6.33 Å². The normalized spacial score (nSPS) is 10.3. The van der Waals surface area contributed by atoms with Crippen LogP contribution in [-0.4, -0.2) is 22.9 Å². The first-order valence-electron chi connectivity index (χ1n) is 5.74. The molecule has 0 radical (unpaired) electrons. The predicted octanol–water partition coefficient (Wildman–Crippen LogP) is 2.87. The van der Waals surface area contributed by atoms with Gasteiger partial charge >= 0.3 is 0 Å². The van der Waals surface area contributed by atoms with Gasteiger partial charge in [0.15, 0.2) is 5.78 Å². The molecule has 2 aromatic rings. The number of carbonyl (C=O) groups is 1. The van der Waals surface area contributed by atoms with Crippen molar-refractivity contribution in [1.29, 1.82) is 0 Å². The zero-order chi connectivity index (χ0) is 13.8. The van der Waals surface area contributed by atoms with E-state index in [-0.39, 0.29) is 12.2 Å². The van der Waals surface area contributed by atoms with Crippen molar-refractivity contribution in [3.63, 3.8) is 0 Å². The third kappa shape index (κ3) is 3.29. The summed E-state index contributed by atoms with van der Waals surface area (Å²) in [7, 11) is 1.52. The molecule has 0 aliphatic heterocycles. The van der Waals surface area contributed by atoms with E-state index in [1.165, 1.54) is 13.4 Å². The Kier molecular flexibility index (Phi) is 4.12. The number of ether oxygens (including phenoxy) is 1. The summed E-state index contributed by atoms with van der Waals surface area (Å²) in [5, 5.41) is 0.464. The van der Waals surface area contributed by atoms with Crippen molar-refractivity contribution in [2.75, 3.05) is 7.11 Å². The molecule has 0 N–H and O–H groups in total. The molecule has 0 atom stereocenters. The second-order valence-electron chi connectivity index (χ2n) is 4.13. The van der Waals surface area contributed by atoms with Crippen molar-refractivity contribution >= 4 is 17.4 Å². The van der Waals surface area contributed by atoms with Crippen molar-refractivity contribution in [1.82, 2.24) is 9.97 Å². The highest BCUT2D eigenvalue weighted by Crippen LogP contribution is 2.19. The van der Waals surface area contributed by atoms with Gasteiger partial charge in [0.2, 0.25) is 5.88 Å². The first-order chi connectivity index (χ1) is 9.10. The minimum atomic E-state index is -0.0780. The van der Waals surface area contributed by atoms with E-state index in [0.29, 0.717) is 22.2 Å². The first-order valence-corrected chi connectivity index (χ1v) is 6.12. The molecule has 1 heterocycles. The third-order valence-electron chi connectivity index (χ3n) is 2.67. The summed E-state index contributed by atoms with van der Waals surface area (Å²) < 4.78 is 4.99. The van der Waals surface area contributed by atoms with Crippen molar-refractivity contribution in [3.05, 3.63) is 52.4 Å². The Balaban J connectivity index is 2.20. The molecule has 1 aromatic heterocycles. The molecule has 0 aliphatic rings. The lowest BCUT2D eigenvalue weighted by atomic mass is 10.0. The van der Waals surface area contributed by atoms with E-state index in [1.54, 1.807) is 18.2 Å². The van der Waals surface area contributed by atoms with Crippen LogP contribution in [0.3, 0.4) is 0 Å². The van der Waals surface area contributed by atoms with Gasteiger partial charge in [-0.25, -0.2) is 9.97 Å². The number of hydrogen-bond donors (Lipinski definition) is 0. The fourth-order valence-electron chi connectivity index (χ4n) is 1.69. The largest absolute Gasteiger partial charge is 0.481 e. The maximum absolute atomic E-state index is 12.2. The van der Waals surface area contributed by atoms with E-state index in [2.05, 4.69) is 9.97 Å². The van der Waals surface area contributed by atoms with E-state index < -0.39 is 0 Å². The van der Waals surface area contributed by atoms with Gasteiger partial charge in [-0.1, -0.05) is 17.7 Å². The maximum atomic E-state index is 12.2. The summed E-state index contributed by atoms with van der Waals surface area (Å²) in [6.07, 6.45) is 1.54. The second-order valence-corrected chi connectivity index (χ2v) is 4.54. The van der Waals surface area contributed by atoms with Gasteiger partial charge in [0.25, 0.3) is 0 Å². The molecule has 0 amide bonds. The Morgan fingerprint density at radius 3 is 2.79 bits per heavy atom. The number of Topliss-reactive ketones (excluding diaryl/α,β-unsaturated/α-hetero) is 1. The highest BCUT2D eigenvalue weighted by atomic mass is 35.5. The van der Waals surface area contributed by atoms with Gasteiger partial charge in [0, 0.05) is 11.6 Å². The quantitative estimate of drug-likeness (QED) is 0.806. The summed E-state index contributed by atoms with van der Waals surface area (Å²) in [4.78, 5) is 20.1. The predicted molar refractivity (Wildman–Crippen MR) is 72.8 cm³/mol. The number of carbonyl (C=O) groups excluding carboxylic acids is 1. The summed E-state index contributed by atoms with van der Waals surface area (Å²) in [6.45, 7) is 1.93. The molecule has 0 saturated carbocycles. The number of methoxy groups -OCH3 is 1. The number of rotatable bonds is 4. The molecule has 2 rings (SSSR count). The Labute approximate surface area is 116 Å². The van der Waals surface area contributed by atoms with Crippen molar-refractivity contribution in [2.24, 2.45) is 0 Å². The summed E-state index contributed by atoms with van der Waals surface area (Å²) in [5.41, 5.74) is 2.13. The average molecular weight is 277 g/mol. The summed E-state index contributed by atoms with van der Waals surface area (Å²) in [6, 6.07) is 7.01. The zero-order valence-electron chi connectivity index (χ0n) is 10.7. The first kappa shape index (κ1) is 13.5. The molecule has 0 fully saturated rings. The number of halogens is 1. The van der Waals surface area contributed by atoms with Crippen molar-refractivity contribution in [3.8, 4) is 5.88 Å². The second kappa shape index (κ2) is 5.80. The molecule has 0 unspecified atom stereocenters. The Hall–Kier alpha value is -1.94. The van der Waals surface area contributed by atoms with E-state index in [9.17, 15) is 4.79 Å². The minimum Gasteiger partial charge on any atom is -0.481 e. The number of hydrogen-bond acceptors (Lipinski definition) is 4. The van der Waals surface area contributed by atoms with Crippen LogP contribution in [0.25, 0.3) is 0 Å². The van der Waals surface area contributed by atoms with Crippen LogP contribution in [0.5, 0.6) is 5.88 Å². The van der Waals surface area contributed by atoms with Gasteiger partial charge in [-0.3, -0.25) is 4.79 Å². The topological polar surface area (TPSA) is 52.1 Å². The number of ketones is 1. The standard InChI is InChI=1S/C14H13ClN2O2/c1-9-3-4-11(12(15)5-9)13(18)6-10-7-14(19-2)17-8-16-10/h3-5,7-8H,6H2,1-2H3. The molecule has 4 nitrogen and oxygen atoms in total. The monoisotopic (exact) mass is 276 g/mol. The van der Waals surface area contributed by atoms with E-state index in [0.717, 1.165) is 5.56 Å². The lowest BCUT2D eigenvalue weighted by Gasteiger charge is -2.05. The lowest BCUT2D eigenvalue weighted by Crippen LogP contribution is -2.06. The molecule has 0 spiro atoms. The van der Waals surface area contributed by atoms with Crippen LogP contribution in [0, 0.1) is 6.92 Å². The van der Waals surface area contributed by atoms with Crippen LogP contribution >= 0.6 is 11.6 Å². The number of aryl methyl sites for hydroxylation is 1.